The maximum atomic E-state index is 13.0. The third-order valence-electron chi connectivity index (χ3n) is 3.87. The highest BCUT2D eigenvalue weighted by Gasteiger charge is 2.33. The van der Waals surface area contributed by atoms with E-state index in [-0.39, 0.29) is 17.3 Å². The normalized spacial score (nSPS) is 19.1. The number of amides is 1. The summed E-state index contributed by atoms with van der Waals surface area (Å²) in [5.74, 6) is -1.16. The van der Waals surface area contributed by atoms with Crippen LogP contribution in [0.2, 0.25) is 0 Å². The summed E-state index contributed by atoms with van der Waals surface area (Å²) in [5.41, 5.74) is 0. The summed E-state index contributed by atoms with van der Waals surface area (Å²) < 4.78 is 39.6. The molecule has 0 spiro atoms. The van der Waals surface area contributed by atoms with Crippen molar-refractivity contribution < 1.29 is 17.6 Å². The number of aromatic nitrogens is 1. The van der Waals surface area contributed by atoms with Gasteiger partial charge in [0.15, 0.2) is 5.13 Å². The number of carbonyl (C=O) groups is 1. The summed E-state index contributed by atoms with van der Waals surface area (Å²) in [4.78, 5) is 16.3. The van der Waals surface area contributed by atoms with Gasteiger partial charge in [0, 0.05) is 24.7 Å². The summed E-state index contributed by atoms with van der Waals surface area (Å²) >= 11 is 1.31. The van der Waals surface area contributed by atoms with Crippen LogP contribution in [-0.2, 0) is 14.8 Å². The second-order valence-corrected chi connectivity index (χ2v) is 8.32. The molecule has 2 heterocycles. The second kappa shape index (κ2) is 6.96. The number of hydrogen-bond donors (Lipinski definition) is 1. The van der Waals surface area contributed by atoms with Crippen molar-refractivity contribution in [3.63, 3.8) is 0 Å². The zero-order valence-electron chi connectivity index (χ0n) is 12.7. The van der Waals surface area contributed by atoms with E-state index in [9.17, 15) is 17.6 Å². The number of sulfonamides is 1. The lowest BCUT2D eigenvalue weighted by Gasteiger charge is -2.31. The Hall–Kier alpha value is -1.84. The Bertz CT molecular complexity index is 807. The fourth-order valence-corrected chi connectivity index (χ4v) is 4.68. The van der Waals surface area contributed by atoms with Gasteiger partial charge in [-0.25, -0.2) is 17.8 Å². The van der Waals surface area contributed by atoms with Crippen LogP contribution in [0.15, 0.2) is 40.7 Å². The molecule has 2 aromatic rings. The van der Waals surface area contributed by atoms with Crippen LogP contribution in [0.5, 0.6) is 0 Å². The van der Waals surface area contributed by atoms with E-state index < -0.39 is 21.8 Å². The zero-order valence-corrected chi connectivity index (χ0v) is 14.3. The summed E-state index contributed by atoms with van der Waals surface area (Å²) in [6, 6.07) is 4.71. The largest absolute Gasteiger partial charge is 0.302 e. The lowest BCUT2D eigenvalue weighted by atomic mass is 9.99. The molecule has 24 heavy (non-hydrogen) atoms. The van der Waals surface area contributed by atoms with E-state index >= 15 is 0 Å². The van der Waals surface area contributed by atoms with Crippen molar-refractivity contribution in [3.8, 4) is 0 Å². The van der Waals surface area contributed by atoms with Gasteiger partial charge >= 0.3 is 0 Å². The highest BCUT2D eigenvalue weighted by Crippen LogP contribution is 2.25. The van der Waals surface area contributed by atoms with E-state index in [4.69, 9.17) is 0 Å². The standard InChI is InChI=1S/C15H16FN3O3S2/c16-12-3-5-13(6-4-12)24(21,22)19-8-1-2-11(10-19)14(20)18-15-17-7-9-23-15/h3-7,9,11H,1-2,8,10H2,(H,17,18,20)/t11-/m0/s1. The summed E-state index contributed by atoms with van der Waals surface area (Å²) in [6.07, 6.45) is 2.80. The average molecular weight is 369 g/mol. The summed E-state index contributed by atoms with van der Waals surface area (Å²) in [5, 5.41) is 4.96. The maximum absolute atomic E-state index is 13.0. The molecule has 9 heteroatoms. The molecule has 3 rings (SSSR count). The van der Waals surface area contributed by atoms with Crippen LogP contribution in [0.4, 0.5) is 9.52 Å². The van der Waals surface area contributed by atoms with Crippen molar-refractivity contribution in [2.75, 3.05) is 18.4 Å². The maximum Gasteiger partial charge on any atom is 0.243 e. The Morgan fingerprint density at radius 1 is 1.33 bits per heavy atom. The Labute approximate surface area is 143 Å². The first-order valence-corrected chi connectivity index (χ1v) is 9.75. The quantitative estimate of drug-likeness (QED) is 0.897. The summed E-state index contributed by atoms with van der Waals surface area (Å²) in [6.45, 7) is 0.456. The number of halogens is 1. The van der Waals surface area contributed by atoms with Crippen LogP contribution < -0.4 is 5.32 Å². The second-order valence-electron chi connectivity index (χ2n) is 5.48. The average Bonchev–Trinajstić information content (AvgIpc) is 3.08. The number of thiazole rings is 1. The van der Waals surface area contributed by atoms with Crippen LogP contribution in [0, 0.1) is 11.7 Å². The third kappa shape index (κ3) is 3.63. The molecule has 0 radical (unpaired) electrons. The lowest BCUT2D eigenvalue weighted by molar-refractivity contribution is -0.120. The SMILES string of the molecule is O=C(Nc1nccs1)[C@H]1CCCN(S(=O)(=O)c2ccc(F)cc2)C1. The molecule has 1 aromatic heterocycles. The molecular weight excluding hydrogens is 353 g/mol. The minimum atomic E-state index is -3.73. The highest BCUT2D eigenvalue weighted by molar-refractivity contribution is 7.89. The van der Waals surface area contributed by atoms with Gasteiger partial charge in [0.2, 0.25) is 15.9 Å². The van der Waals surface area contributed by atoms with E-state index in [2.05, 4.69) is 10.3 Å². The molecule has 1 saturated heterocycles. The van der Waals surface area contributed by atoms with E-state index in [0.717, 1.165) is 12.1 Å². The molecule has 0 saturated carbocycles. The van der Waals surface area contributed by atoms with Crippen molar-refractivity contribution >= 4 is 32.4 Å². The summed E-state index contributed by atoms with van der Waals surface area (Å²) in [7, 11) is -3.73. The molecule has 128 valence electrons. The third-order valence-corrected chi connectivity index (χ3v) is 6.44. The van der Waals surface area contributed by atoms with Gasteiger partial charge in [-0.1, -0.05) is 0 Å². The van der Waals surface area contributed by atoms with Gasteiger partial charge in [0.25, 0.3) is 0 Å². The Morgan fingerprint density at radius 3 is 2.75 bits per heavy atom. The topological polar surface area (TPSA) is 79.4 Å². The number of rotatable bonds is 4. The van der Waals surface area contributed by atoms with E-state index in [0.29, 0.717) is 24.5 Å². The predicted molar refractivity (Wildman–Crippen MR) is 88.6 cm³/mol. The number of nitrogens with one attached hydrogen (secondary N) is 1. The van der Waals surface area contributed by atoms with Gasteiger partial charge in [-0.15, -0.1) is 11.3 Å². The first-order chi connectivity index (χ1) is 11.5. The Balaban J connectivity index is 1.72. The van der Waals surface area contributed by atoms with Gasteiger partial charge in [-0.3, -0.25) is 4.79 Å². The molecular formula is C15H16FN3O3S2. The molecule has 6 nitrogen and oxygen atoms in total. The van der Waals surface area contributed by atoms with Crippen molar-refractivity contribution in [2.45, 2.75) is 17.7 Å². The first-order valence-electron chi connectivity index (χ1n) is 7.43. The fraction of sp³-hybridized carbons (Fsp3) is 0.333. The Morgan fingerprint density at radius 2 is 2.08 bits per heavy atom. The molecule has 1 aliphatic rings. The predicted octanol–water partition coefficient (Wildman–Crippen LogP) is 2.32. The van der Waals surface area contributed by atoms with Crippen molar-refractivity contribution in [1.29, 1.82) is 0 Å². The molecule has 1 fully saturated rings. The monoisotopic (exact) mass is 369 g/mol. The van der Waals surface area contributed by atoms with Gasteiger partial charge in [0.05, 0.1) is 10.8 Å². The van der Waals surface area contributed by atoms with Gasteiger partial charge in [-0.05, 0) is 37.1 Å². The number of nitrogens with zero attached hydrogens (tertiary/aromatic N) is 2. The van der Waals surface area contributed by atoms with Crippen LogP contribution >= 0.6 is 11.3 Å². The van der Waals surface area contributed by atoms with Crippen molar-refractivity contribution in [3.05, 3.63) is 41.7 Å². The molecule has 0 bridgehead atoms. The molecule has 1 aliphatic heterocycles. The lowest BCUT2D eigenvalue weighted by Crippen LogP contribution is -2.43. The van der Waals surface area contributed by atoms with Crippen molar-refractivity contribution in [1.82, 2.24) is 9.29 Å². The number of benzene rings is 1. The van der Waals surface area contributed by atoms with E-state index in [1.165, 1.54) is 27.8 Å². The molecule has 1 amide bonds. The van der Waals surface area contributed by atoms with Crippen LogP contribution in [-0.4, -0.2) is 36.7 Å². The zero-order chi connectivity index (χ0) is 17.2. The minimum Gasteiger partial charge on any atom is -0.302 e. The molecule has 1 aromatic carbocycles. The van der Waals surface area contributed by atoms with Crippen LogP contribution in [0.3, 0.4) is 0 Å². The van der Waals surface area contributed by atoms with Gasteiger partial charge < -0.3 is 5.32 Å². The molecule has 1 atom stereocenters. The fourth-order valence-electron chi connectivity index (χ4n) is 2.62. The Kier molecular flexibility index (Phi) is 4.93. The number of carbonyl (C=O) groups excluding carboxylic acids is 1. The van der Waals surface area contributed by atoms with E-state index in [1.54, 1.807) is 11.6 Å². The smallest absolute Gasteiger partial charge is 0.243 e. The molecule has 1 N–H and O–H groups in total. The van der Waals surface area contributed by atoms with Gasteiger partial charge in [-0.2, -0.15) is 4.31 Å². The number of piperidine rings is 1. The molecule has 0 aliphatic carbocycles. The van der Waals surface area contributed by atoms with Gasteiger partial charge in [0.1, 0.15) is 5.82 Å². The minimum absolute atomic E-state index is 0.0323. The number of hydrogen-bond acceptors (Lipinski definition) is 5. The van der Waals surface area contributed by atoms with Crippen molar-refractivity contribution in [2.24, 2.45) is 5.92 Å². The molecule has 0 unspecified atom stereocenters. The highest BCUT2D eigenvalue weighted by atomic mass is 32.2. The van der Waals surface area contributed by atoms with E-state index in [1.807, 2.05) is 0 Å². The van der Waals surface area contributed by atoms with Crippen LogP contribution in [0.1, 0.15) is 12.8 Å². The number of anilines is 1. The van der Waals surface area contributed by atoms with Crippen LogP contribution in [0.25, 0.3) is 0 Å². The first kappa shape index (κ1) is 17.0.